The lowest BCUT2D eigenvalue weighted by Gasteiger charge is -2.18. The minimum absolute atomic E-state index is 0.0305. The van der Waals surface area contributed by atoms with Crippen LogP contribution in [0.5, 0.6) is 0 Å². The number of Topliss-reactive ketones (excluding diaryl/α,β-unsaturated/α-hetero) is 1. The van der Waals surface area contributed by atoms with E-state index in [0.29, 0.717) is 12.1 Å². The van der Waals surface area contributed by atoms with Crippen LogP contribution in [-0.4, -0.2) is 47.8 Å². The number of fused-ring (bicyclic) bond motifs is 1. The second kappa shape index (κ2) is 8.33. The summed E-state index contributed by atoms with van der Waals surface area (Å²) in [5.74, 6) is -1.29. The number of carbonyl (C=O) groups excluding carboxylic acids is 4. The van der Waals surface area contributed by atoms with Gasteiger partial charge in [-0.25, -0.2) is 4.79 Å². The summed E-state index contributed by atoms with van der Waals surface area (Å²) < 4.78 is 5.09. The minimum Gasteiger partial charge on any atom is -0.453 e. The molecule has 1 aliphatic heterocycles. The average Bonchev–Trinajstić information content (AvgIpc) is 3.10. The number of esters is 1. The van der Waals surface area contributed by atoms with Crippen molar-refractivity contribution in [3.05, 3.63) is 34.9 Å². The lowest BCUT2D eigenvalue weighted by atomic mass is 9.89. The fourth-order valence-electron chi connectivity index (χ4n) is 3.47. The molecule has 7 heteroatoms. The van der Waals surface area contributed by atoms with Gasteiger partial charge in [-0.3, -0.25) is 19.3 Å². The second-order valence-corrected chi connectivity index (χ2v) is 6.97. The van der Waals surface area contributed by atoms with Crippen LogP contribution in [-0.2, 0) is 27.2 Å². The van der Waals surface area contributed by atoms with Crippen LogP contribution in [0, 0.1) is 0 Å². The Hall–Kier alpha value is -2.70. The Bertz CT molecular complexity index is 774. The topological polar surface area (TPSA) is 92.8 Å². The van der Waals surface area contributed by atoms with Crippen LogP contribution in [0.1, 0.15) is 54.1 Å². The van der Waals surface area contributed by atoms with Gasteiger partial charge in [-0.15, -0.1) is 0 Å². The Morgan fingerprint density at radius 3 is 2.59 bits per heavy atom. The van der Waals surface area contributed by atoms with Gasteiger partial charge >= 0.3 is 12.0 Å². The minimum atomic E-state index is -1.06. The van der Waals surface area contributed by atoms with Crippen molar-refractivity contribution in [3.8, 4) is 0 Å². The molecule has 1 heterocycles. The molecule has 1 N–H and O–H groups in total. The number of nitrogens with one attached hydrogen (secondary N) is 1. The summed E-state index contributed by atoms with van der Waals surface area (Å²) in [6, 6.07) is 5.27. The third kappa shape index (κ3) is 4.53. The fraction of sp³-hybridized carbons (Fsp3) is 0.500. The molecule has 1 saturated heterocycles. The first-order valence-electron chi connectivity index (χ1n) is 9.39. The molecular formula is C20H24N2O5. The predicted octanol–water partition coefficient (Wildman–Crippen LogP) is 2.01. The van der Waals surface area contributed by atoms with Crippen molar-refractivity contribution in [2.45, 2.75) is 51.6 Å². The number of rotatable bonds is 6. The molecule has 144 valence electrons. The molecular weight excluding hydrogens is 348 g/mol. The number of benzene rings is 1. The van der Waals surface area contributed by atoms with Crippen LogP contribution in [0.2, 0.25) is 0 Å². The van der Waals surface area contributed by atoms with Crippen LogP contribution in [0.4, 0.5) is 4.79 Å². The van der Waals surface area contributed by atoms with Gasteiger partial charge in [0.1, 0.15) is 0 Å². The molecule has 7 nitrogen and oxygen atoms in total. The van der Waals surface area contributed by atoms with E-state index in [-0.39, 0.29) is 25.2 Å². The predicted molar refractivity (Wildman–Crippen MR) is 97.3 cm³/mol. The second-order valence-electron chi connectivity index (χ2n) is 6.97. The van der Waals surface area contributed by atoms with Crippen molar-refractivity contribution in [1.29, 1.82) is 0 Å². The third-order valence-corrected chi connectivity index (χ3v) is 5.01. The number of nitrogens with zero attached hydrogens (tertiary/aromatic N) is 1. The van der Waals surface area contributed by atoms with Gasteiger partial charge in [0, 0.05) is 25.1 Å². The van der Waals surface area contributed by atoms with Crippen molar-refractivity contribution in [2.75, 3.05) is 13.1 Å². The number of aryl methyl sites for hydroxylation is 2. The van der Waals surface area contributed by atoms with E-state index in [0.717, 1.165) is 24.2 Å². The molecule has 3 amide bonds. The lowest BCUT2D eigenvalue weighted by molar-refractivity contribution is -0.157. The lowest BCUT2D eigenvalue weighted by Crippen LogP contribution is -2.41. The number of ether oxygens (including phenoxy) is 1. The van der Waals surface area contributed by atoms with Gasteiger partial charge in [0.05, 0.1) is 6.42 Å². The summed E-state index contributed by atoms with van der Waals surface area (Å²) in [4.78, 5) is 49.0. The van der Waals surface area contributed by atoms with Gasteiger partial charge in [-0.2, -0.15) is 0 Å². The first-order chi connectivity index (χ1) is 13.0. The highest BCUT2D eigenvalue weighted by molar-refractivity contribution is 5.99. The number of amides is 3. The molecule has 27 heavy (non-hydrogen) atoms. The van der Waals surface area contributed by atoms with Crippen molar-refractivity contribution in [2.24, 2.45) is 0 Å². The maximum absolute atomic E-state index is 12.4. The standard InChI is InChI=1S/C20H24N2O5/c1-13(19(25)22-11-10-21-20(22)26)27-18(24)9-8-17(23)16-7-6-14-4-2-3-5-15(14)12-16/h6-7,12-13H,2-5,8-11H2,1H3,(H,21,26)/t13-/m1/s1. The highest BCUT2D eigenvalue weighted by Gasteiger charge is 2.31. The largest absolute Gasteiger partial charge is 0.453 e. The highest BCUT2D eigenvalue weighted by Crippen LogP contribution is 2.23. The zero-order valence-corrected chi connectivity index (χ0v) is 15.5. The van der Waals surface area contributed by atoms with Gasteiger partial charge in [0.2, 0.25) is 0 Å². The number of hydrogen-bond acceptors (Lipinski definition) is 5. The van der Waals surface area contributed by atoms with Crippen molar-refractivity contribution < 1.29 is 23.9 Å². The quantitative estimate of drug-likeness (QED) is 0.609. The normalized spacial score (nSPS) is 17.1. The molecule has 0 unspecified atom stereocenters. The maximum Gasteiger partial charge on any atom is 0.324 e. The number of carbonyl (C=O) groups is 4. The summed E-state index contributed by atoms with van der Waals surface area (Å²) in [5, 5.41) is 2.52. The van der Waals surface area contributed by atoms with Gasteiger partial charge in [-0.1, -0.05) is 12.1 Å². The summed E-state index contributed by atoms with van der Waals surface area (Å²) in [6.07, 6.45) is 3.24. The van der Waals surface area contributed by atoms with Crippen LogP contribution >= 0.6 is 0 Å². The third-order valence-electron chi connectivity index (χ3n) is 5.01. The molecule has 0 spiro atoms. The average molecular weight is 372 g/mol. The number of hydrogen-bond donors (Lipinski definition) is 1. The number of ketones is 1. The first-order valence-corrected chi connectivity index (χ1v) is 9.39. The van der Waals surface area contributed by atoms with Gasteiger partial charge in [-0.05, 0) is 49.8 Å². The SMILES string of the molecule is C[C@@H](OC(=O)CCC(=O)c1ccc2c(c1)CCCC2)C(=O)N1CCNC1=O. The summed E-state index contributed by atoms with van der Waals surface area (Å²) in [5.41, 5.74) is 3.13. The van der Waals surface area contributed by atoms with Gasteiger partial charge in [0.25, 0.3) is 5.91 Å². The monoisotopic (exact) mass is 372 g/mol. The molecule has 1 aromatic rings. The molecule has 1 fully saturated rings. The van der Waals surface area contributed by atoms with Crippen LogP contribution in [0.25, 0.3) is 0 Å². The van der Waals surface area contributed by atoms with Crippen molar-refractivity contribution in [3.63, 3.8) is 0 Å². The zero-order chi connectivity index (χ0) is 19.4. The Kier molecular flexibility index (Phi) is 5.88. The molecule has 1 atom stereocenters. The summed E-state index contributed by atoms with van der Waals surface area (Å²) >= 11 is 0. The Labute approximate surface area is 158 Å². The zero-order valence-electron chi connectivity index (χ0n) is 15.5. The molecule has 0 saturated carbocycles. The molecule has 1 aliphatic carbocycles. The smallest absolute Gasteiger partial charge is 0.324 e. The molecule has 1 aromatic carbocycles. The van der Waals surface area contributed by atoms with E-state index in [2.05, 4.69) is 5.32 Å². The fourth-order valence-corrected chi connectivity index (χ4v) is 3.47. The number of urea groups is 1. The van der Waals surface area contributed by atoms with E-state index in [4.69, 9.17) is 4.74 Å². The van der Waals surface area contributed by atoms with Gasteiger partial charge in [0.15, 0.2) is 11.9 Å². The molecule has 3 rings (SSSR count). The van der Waals surface area contributed by atoms with Crippen LogP contribution in [0.3, 0.4) is 0 Å². The molecule has 0 radical (unpaired) electrons. The molecule has 2 aliphatic rings. The van der Waals surface area contributed by atoms with Crippen molar-refractivity contribution >= 4 is 23.7 Å². The Balaban J connectivity index is 1.49. The van der Waals surface area contributed by atoms with E-state index < -0.39 is 24.0 Å². The Morgan fingerprint density at radius 2 is 1.89 bits per heavy atom. The van der Waals surface area contributed by atoms with E-state index in [1.807, 2.05) is 18.2 Å². The van der Waals surface area contributed by atoms with Crippen LogP contribution in [0.15, 0.2) is 18.2 Å². The number of imide groups is 1. The van der Waals surface area contributed by atoms with E-state index in [1.165, 1.54) is 24.5 Å². The Morgan fingerprint density at radius 1 is 1.15 bits per heavy atom. The molecule has 0 bridgehead atoms. The first kappa shape index (κ1) is 19.1. The van der Waals surface area contributed by atoms with Gasteiger partial charge < -0.3 is 10.1 Å². The summed E-state index contributed by atoms with van der Waals surface area (Å²) in [7, 11) is 0. The van der Waals surface area contributed by atoms with E-state index in [9.17, 15) is 19.2 Å². The van der Waals surface area contributed by atoms with E-state index >= 15 is 0 Å². The highest BCUT2D eigenvalue weighted by atomic mass is 16.5. The molecule has 0 aromatic heterocycles. The summed E-state index contributed by atoms with van der Waals surface area (Å²) in [6.45, 7) is 2.08. The van der Waals surface area contributed by atoms with Crippen LogP contribution < -0.4 is 5.32 Å². The van der Waals surface area contributed by atoms with E-state index in [1.54, 1.807) is 0 Å². The maximum atomic E-state index is 12.4. The van der Waals surface area contributed by atoms with Crippen molar-refractivity contribution in [1.82, 2.24) is 10.2 Å².